The van der Waals surface area contributed by atoms with Crippen LogP contribution in [0.5, 0.6) is 0 Å². The fraction of sp³-hybridized carbons (Fsp3) is 0.450. The average molecular weight is 412 g/mol. The zero-order valence-electron chi connectivity index (χ0n) is 15.8. The van der Waals surface area contributed by atoms with Gasteiger partial charge in [-0.3, -0.25) is 19.3 Å². The van der Waals surface area contributed by atoms with E-state index in [1.165, 1.54) is 7.05 Å². The minimum Gasteiger partial charge on any atom is -0.459 e. The van der Waals surface area contributed by atoms with E-state index in [0.29, 0.717) is 16.5 Å². The van der Waals surface area contributed by atoms with Crippen LogP contribution in [0.2, 0.25) is 10.0 Å². The van der Waals surface area contributed by atoms with E-state index in [1.54, 1.807) is 39.0 Å². The number of allylic oxidation sites excluding steroid dienone is 1. The highest BCUT2D eigenvalue weighted by atomic mass is 35.5. The molecule has 1 aromatic rings. The highest BCUT2D eigenvalue weighted by molar-refractivity contribution is 6.34. The first-order chi connectivity index (χ1) is 12.4. The molecule has 1 atom stereocenters. The number of hydrogen-bond acceptors (Lipinski definition) is 4. The number of nitrogens with zero attached hydrogens (tertiary/aromatic N) is 1. The molecule has 1 aliphatic rings. The van der Waals surface area contributed by atoms with Crippen LogP contribution >= 0.6 is 23.2 Å². The predicted molar refractivity (Wildman–Crippen MR) is 105 cm³/mol. The molecule has 1 heterocycles. The minimum absolute atomic E-state index is 0.173. The van der Waals surface area contributed by atoms with Crippen molar-refractivity contribution < 1.29 is 19.1 Å². The fourth-order valence-electron chi connectivity index (χ4n) is 2.94. The van der Waals surface area contributed by atoms with E-state index in [4.69, 9.17) is 27.9 Å². The van der Waals surface area contributed by atoms with Crippen LogP contribution in [0.1, 0.15) is 45.6 Å². The van der Waals surface area contributed by atoms with Crippen LogP contribution in [0.25, 0.3) is 6.08 Å². The summed E-state index contributed by atoms with van der Waals surface area (Å²) in [5.74, 6) is -1.55. The van der Waals surface area contributed by atoms with Gasteiger partial charge in [-0.25, -0.2) is 0 Å². The fourth-order valence-corrected chi connectivity index (χ4v) is 3.48. The minimum atomic E-state index is -1.48. The van der Waals surface area contributed by atoms with Gasteiger partial charge in [0.25, 0.3) is 0 Å². The first kappa shape index (κ1) is 21.5. The van der Waals surface area contributed by atoms with Crippen LogP contribution in [0, 0.1) is 5.41 Å². The van der Waals surface area contributed by atoms with Crippen molar-refractivity contribution >= 4 is 47.1 Å². The summed E-state index contributed by atoms with van der Waals surface area (Å²) in [6.45, 7) is 5.19. The molecule has 0 bridgehead atoms. The number of likely N-dealkylation sites (tertiary alicyclic amines) is 1. The molecule has 1 aromatic carbocycles. The Labute approximate surface area is 169 Å². The van der Waals surface area contributed by atoms with Crippen LogP contribution in [-0.2, 0) is 19.1 Å². The van der Waals surface area contributed by atoms with Crippen molar-refractivity contribution in [3.8, 4) is 0 Å². The van der Waals surface area contributed by atoms with Crippen molar-refractivity contribution in [2.24, 2.45) is 5.41 Å². The maximum Gasteiger partial charge on any atom is 0.322 e. The second-order valence-electron chi connectivity index (χ2n) is 7.66. The van der Waals surface area contributed by atoms with Gasteiger partial charge < -0.3 is 4.74 Å². The Morgan fingerprint density at radius 1 is 1.22 bits per heavy atom. The number of esters is 1. The lowest BCUT2D eigenvalue weighted by Crippen LogP contribution is -2.43. The van der Waals surface area contributed by atoms with E-state index in [2.05, 4.69) is 0 Å². The van der Waals surface area contributed by atoms with Gasteiger partial charge in [0, 0.05) is 17.1 Å². The number of benzene rings is 1. The number of carbonyl (C=O) groups excluding carboxylic acids is 3. The van der Waals surface area contributed by atoms with Crippen LogP contribution < -0.4 is 0 Å². The largest absolute Gasteiger partial charge is 0.459 e. The lowest BCUT2D eigenvalue weighted by Gasteiger charge is -2.28. The van der Waals surface area contributed by atoms with E-state index < -0.39 is 22.9 Å². The van der Waals surface area contributed by atoms with Crippen LogP contribution in [-0.4, -0.2) is 35.3 Å². The van der Waals surface area contributed by atoms with E-state index in [0.717, 1.165) is 10.5 Å². The second-order valence-corrected chi connectivity index (χ2v) is 8.54. The van der Waals surface area contributed by atoms with Crippen molar-refractivity contribution in [3.63, 3.8) is 0 Å². The summed E-state index contributed by atoms with van der Waals surface area (Å²) < 4.78 is 5.44. The Balaban J connectivity index is 2.18. The Morgan fingerprint density at radius 2 is 1.81 bits per heavy atom. The Hall–Kier alpha value is -1.85. The Kier molecular flexibility index (Phi) is 6.38. The van der Waals surface area contributed by atoms with Gasteiger partial charge in [-0.1, -0.05) is 35.4 Å². The van der Waals surface area contributed by atoms with Gasteiger partial charge in [0.2, 0.25) is 11.8 Å². The van der Waals surface area contributed by atoms with E-state index in [9.17, 15) is 14.4 Å². The molecule has 2 rings (SSSR count). The number of halogens is 2. The van der Waals surface area contributed by atoms with Gasteiger partial charge in [-0.15, -0.1) is 0 Å². The standard InChI is InChI=1S/C20H23Cl2NO4/c1-19(2,3)27-18(26)20(12-16(24)23(4)17(20)25)8-6-5-7-13-9-14(21)11-15(22)10-13/h5,7,9-11H,6,8,12H2,1-4H3/b7-5+. The summed E-state index contributed by atoms with van der Waals surface area (Å²) in [6.07, 6.45) is 4.06. The first-order valence-corrected chi connectivity index (χ1v) is 9.37. The molecule has 1 unspecified atom stereocenters. The number of amides is 2. The molecule has 7 heteroatoms. The van der Waals surface area contributed by atoms with Crippen molar-refractivity contribution in [2.75, 3.05) is 7.05 Å². The lowest BCUT2D eigenvalue weighted by atomic mass is 9.81. The second kappa shape index (κ2) is 8.03. The molecule has 0 radical (unpaired) electrons. The normalized spacial score (nSPS) is 20.6. The van der Waals surface area contributed by atoms with E-state index in [-0.39, 0.29) is 18.7 Å². The zero-order valence-corrected chi connectivity index (χ0v) is 17.4. The molecule has 1 saturated heterocycles. The van der Waals surface area contributed by atoms with Crippen molar-refractivity contribution in [1.82, 2.24) is 4.90 Å². The summed E-state index contributed by atoms with van der Waals surface area (Å²) in [5, 5.41) is 1.04. The molecular weight excluding hydrogens is 389 g/mol. The SMILES string of the molecule is CN1C(=O)CC(CC/C=C/c2cc(Cl)cc(Cl)c2)(C(=O)OC(C)(C)C)C1=O. The van der Waals surface area contributed by atoms with Crippen LogP contribution in [0.15, 0.2) is 24.3 Å². The molecule has 2 amide bonds. The maximum atomic E-state index is 12.8. The summed E-state index contributed by atoms with van der Waals surface area (Å²) in [5.41, 5.74) is -1.41. The third-order valence-corrected chi connectivity index (χ3v) is 4.70. The molecule has 0 aromatic heterocycles. The molecule has 27 heavy (non-hydrogen) atoms. The lowest BCUT2D eigenvalue weighted by molar-refractivity contribution is -0.171. The Bertz CT molecular complexity index is 777. The van der Waals surface area contributed by atoms with Crippen molar-refractivity contribution in [2.45, 2.75) is 45.6 Å². The molecule has 1 aliphatic heterocycles. The molecule has 1 fully saturated rings. The van der Waals surface area contributed by atoms with Crippen molar-refractivity contribution in [3.05, 3.63) is 39.9 Å². The van der Waals surface area contributed by atoms with Gasteiger partial charge in [-0.2, -0.15) is 0 Å². The molecule has 146 valence electrons. The molecule has 0 aliphatic carbocycles. The molecule has 5 nitrogen and oxygen atoms in total. The highest BCUT2D eigenvalue weighted by Gasteiger charge is 2.56. The predicted octanol–water partition coefficient (Wildman–Crippen LogP) is 4.50. The smallest absolute Gasteiger partial charge is 0.322 e. The third kappa shape index (κ3) is 5.11. The number of ether oxygens (including phenoxy) is 1. The third-order valence-electron chi connectivity index (χ3n) is 4.26. The Morgan fingerprint density at radius 3 is 2.30 bits per heavy atom. The van der Waals surface area contributed by atoms with Crippen LogP contribution in [0.4, 0.5) is 0 Å². The number of rotatable bonds is 5. The topological polar surface area (TPSA) is 63.7 Å². The summed E-state index contributed by atoms with van der Waals surface area (Å²) >= 11 is 12.0. The van der Waals surface area contributed by atoms with Crippen LogP contribution in [0.3, 0.4) is 0 Å². The number of carbonyl (C=O) groups is 3. The van der Waals surface area contributed by atoms with Gasteiger partial charge in [0.1, 0.15) is 5.60 Å². The molecule has 0 N–H and O–H groups in total. The first-order valence-electron chi connectivity index (χ1n) is 8.62. The van der Waals surface area contributed by atoms with E-state index >= 15 is 0 Å². The zero-order chi connectivity index (χ0) is 20.4. The average Bonchev–Trinajstić information content (AvgIpc) is 2.74. The highest BCUT2D eigenvalue weighted by Crippen LogP contribution is 2.39. The van der Waals surface area contributed by atoms with Gasteiger partial charge >= 0.3 is 5.97 Å². The van der Waals surface area contributed by atoms with Crippen molar-refractivity contribution in [1.29, 1.82) is 0 Å². The number of imide groups is 1. The van der Waals surface area contributed by atoms with E-state index in [1.807, 2.05) is 12.2 Å². The maximum absolute atomic E-state index is 12.8. The molecular formula is C20H23Cl2NO4. The summed E-state index contributed by atoms with van der Waals surface area (Å²) in [6, 6.07) is 5.15. The van der Waals surface area contributed by atoms with Gasteiger partial charge in [0.15, 0.2) is 5.41 Å². The summed E-state index contributed by atoms with van der Waals surface area (Å²) in [7, 11) is 1.39. The molecule has 0 saturated carbocycles. The monoisotopic (exact) mass is 411 g/mol. The molecule has 0 spiro atoms. The number of hydrogen-bond donors (Lipinski definition) is 0. The quantitative estimate of drug-likeness (QED) is 0.406. The van der Waals surface area contributed by atoms with Gasteiger partial charge in [0.05, 0.1) is 6.42 Å². The summed E-state index contributed by atoms with van der Waals surface area (Å²) in [4.78, 5) is 38.5. The van der Waals surface area contributed by atoms with Gasteiger partial charge in [-0.05, 0) is 57.4 Å².